The van der Waals surface area contributed by atoms with Gasteiger partial charge in [-0.25, -0.2) is 0 Å². The maximum absolute atomic E-state index is 5.96. The highest BCUT2D eigenvalue weighted by atomic mass is 16.5. The first-order valence-corrected chi connectivity index (χ1v) is 7.37. The summed E-state index contributed by atoms with van der Waals surface area (Å²) in [5.41, 5.74) is 3.90. The number of nitrogens with one attached hydrogen (secondary N) is 1. The van der Waals surface area contributed by atoms with Gasteiger partial charge < -0.3 is 14.2 Å². The Labute approximate surface area is 126 Å². The Morgan fingerprint density at radius 1 is 1.10 bits per heavy atom. The van der Waals surface area contributed by atoms with Crippen molar-refractivity contribution in [3.8, 4) is 11.5 Å². The zero-order chi connectivity index (χ0) is 15.6. The smallest absolute Gasteiger partial charge is 0.127 e. The fraction of sp³-hybridized carbons (Fsp3) is 0.625. The largest absolute Gasteiger partial charge is 0.496 e. The molecular formula is C16H26N2O3. The van der Waals surface area contributed by atoms with E-state index in [-0.39, 0.29) is 24.2 Å². The molecule has 0 spiro atoms. The number of rotatable bonds is 5. The van der Waals surface area contributed by atoms with Crippen LogP contribution in [0.4, 0.5) is 0 Å². The van der Waals surface area contributed by atoms with Gasteiger partial charge in [0.15, 0.2) is 0 Å². The standard InChI is InChI=1S/C16H26N2O3/c1-9-10(2)21-11(3)14(9)16(18-17)15-12(19-4)7-6-8-13(15)20-5/h6-11,14,16,18H,17H2,1-5H3. The van der Waals surface area contributed by atoms with Gasteiger partial charge in [0.25, 0.3) is 0 Å². The van der Waals surface area contributed by atoms with Gasteiger partial charge in [0.1, 0.15) is 11.5 Å². The highest BCUT2D eigenvalue weighted by Gasteiger charge is 2.43. The minimum Gasteiger partial charge on any atom is -0.496 e. The second-order valence-corrected chi connectivity index (χ2v) is 5.70. The fourth-order valence-corrected chi connectivity index (χ4v) is 3.44. The van der Waals surface area contributed by atoms with E-state index in [9.17, 15) is 0 Å². The molecule has 0 aromatic heterocycles. The number of hydrogen-bond acceptors (Lipinski definition) is 5. The summed E-state index contributed by atoms with van der Waals surface area (Å²) in [5.74, 6) is 8.06. The first kappa shape index (κ1) is 16.1. The molecule has 0 amide bonds. The van der Waals surface area contributed by atoms with E-state index in [1.54, 1.807) is 14.2 Å². The summed E-state index contributed by atoms with van der Waals surface area (Å²) in [6, 6.07) is 5.68. The van der Waals surface area contributed by atoms with Gasteiger partial charge in [-0.15, -0.1) is 0 Å². The number of ether oxygens (including phenoxy) is 3. The number of nitrogens with two attached hydrogens (primary N) is 1. The number of benzene rings is 1. The first-order chi connectivity index (χ1) is 10.0. The van der Waals surface area contributed by atoms with Gasteiger partial charge in [-0.3, -0.25) is 11.3 Å². The molecule has 5 unspecified atom stereocenters. The van der Waals surface area contributed by atoms with Crippen molar-refractivity contribution in [2.24, 2.45) is 17.7 Å². The fourth-order valence-electron chi connectivity index (χ4n) is 3.44. The van der Waals surface area contributed by atoms with Gasteiger partial charge in [-0.1, -0.05) is 13.0 Å². The van der Waals surface area contributed by atoms with Crippen molar-refractivity contribution in [3.05, 3.63) is 23.8 Å². The average molecular weight is 294 g/mol. The van der Waals surface area contributed by atoms with Crippen molar-refractivity contribution in [2.75, 3.05) is 14.2 Å². The molecule has 0 saturated carbocycles. The summed E-state index contributed by atoms with van der Waals surface area (Å²) in [5, 5.41) is 0. The van der Waals surface area contributed by atoms with Gasteiger partial charge in [-0.05, 0) is 31.9 Å². The lowest BCUT2D eigenvalue weighted by molar-refractivity contribution is 0.0473. The molecule has 3 N–H and O–H groups in total. The van der Waals surface area contributed by atoms with E-state index < -0.39 is 0 Å². The summed E-state index contributed by atoms with van der Waals surface area (Å²) in [4.78, 5) is 0. The van der Waals surface area contributed by atoms with Crippen LogP contribution in [-0.4, -0.2) is 26.4 Å². The summed E-state index contributed by atoms with van der Waals surface area (Å²) < 4.78 is 17.0. The summed E-state index contributed by atoms with van der Waals surface area (Å²) in [6.45, 7) is 6.40. The van der Waals surface area contributed by atoms with E-state index in [2.05, 4.69) is 26.2 Å². The normalized spacial score (nSPS) is 30.2. The van der Waals surface area contributed by atoms with Crippen LogP contribution in [0.15, 0.2) is 18.2 Å². The van der Waals surface area contributed by atoms with E-state index in [0.717, 1.165) is 17.1 Å². The first-order valence-electron chi connectivity index (χ1n) is 7.37. The highest BCUT2D eigenvalue weighted by Crippen LogP contribution is 2.45. The predicted molar refractivity (Wildman–Crippen MR) is 82.3 cm³/mol. The predicted octanol–water partition coefficient (Wildman–Crippen LogP) is 2.27. The van der Waals surface area contributed by atoms with E-state index in [1.807, 2.05) is 18.2 Å². The maximum Gasteiger partial charge on any atom is 0.127 e. The number of hydrazine groups is 1. The van der Waals surface area contributed by atoms with Crippen molar-refractivity contribution >= 4 is 0 Å². The molecule has 0 aliphatic carbocycles. The molecule has 2 rings (SSSR count). The number of hydrogen-bond donors (Lipinski definition) is 2. The maximum atomic E-state index is 5.96. The Balaban J connectivity index is 2.46. The SMILES string of the molecule is COc1cccc(OC)c1C(NN)C1C(C)OC(C)C1C. The van der Waals surface area contributed by atoms with Crippen LogP contribution in [0, 0.1) is 11.8 Å². The van der Waals surface area contributed by atoms with Crippen LogP contribution in [0.25, 0.3) is 0 Å². The van der Waals surface area contributed by atoms with Crippen molar-refractivity contribution in [1.82, 2.24) is 5.43 Å². The molecule has 118 valence electrons. The third-order valence-corrected chi connectivity index (χ3v) is 4.66. The van der Waals surface area contributed by atoms with Crippen molar-refractivity contribution < 1.29 is 14.2 Å². The van der Waals surface area contributed by atoms with E-state index in [0.29, 0.717) is 5.92 Å². The molecule has 21 heavy (non-hydrogen) atoms. The summed E-state index contributed by atoms with van der Waals surface area (Å²) in [7, 11) is 3.32. The molecule has 5 nitrogen and oxygen atoms in total. The highest BCUT2D eigenvalue weighted by molar-refractivity contribution is 5.47. The monoisotopic (exact) mass is 294 g/mol. The van der Waals surface area contributed by atoms with Crippen LogP contribution in [-0.2, 0) is 4.74 Å². The van der Waals surface area contributed by atoms with Crippen LogP contribution in [0.3, 0.4) is 0 Å². The molecule has 1 heterocycles. The Kier molecular flexibility index (Phi) is 5.08. The second kappa shape index (κ2) is 6.64. The van der Waals surface area contributed by atoms with E-state index in [1.165, 1.54) is 0 Å². The van der Waals surface area contributed by atoms with Gasteiger partial charge in [0.2, 0.25) is 0 Å². The molecular weight excluding hydrogens is 268 g/mol. The van der Waals surface area contributed by atoms with Crippen molar-refractivity contribution in [2.45, 2.75) is 39.0 Å². The minimum atomic E-state index is -0.0916. The molecule has 0 bridgehead atoms. The molecule has 1 aromatic rings. The quantitative estimate of drug-likeness (QED) is 0.644. The van der Waals surface area contributed by atoms with Gasteiger partial charge in [0, 0.05) is 5.92 Å². The Morgan fingerprint density at radius 3 is 2.05 bits per heavy atom. The zero-order valence-corrected chi connectivity index (χ0v) is 13.4. The van der Waals surface area contributed by atoms with Crippen LogP contribution in [0.5, 0.6) is 11.5 Å². The minimum absolute atomic E-state index is 0.0916. The molecule has 5 atom stereocenters. The molecule has 5 heteroatoms. The molecule has 1 aromatic carbocycles. The van der Waals surface area contributed by atoms with Gasteiger partial charge in [-0.2, -0.15) is 0 Å². The van der Waals surface area contributed by atoms with Crippen LogP contribution in [0.2, 0.25) is 0 Å². The van der Waals surface area contributed by atoms with Crippen LogP contribution in [0.1, 0.15) is 32.4 Å². The zero-order valence-electron chi connectivity index (χ0n) is 13.4. The Hall–Kier alpha value is -1.30. The van der Waals surface area contributed by atoms with Crippen LogP contribution >= 0.6 is 0 Å². The molecule has 1 saturated heterocycles. The van der Waals surface area contributed by atoms with Crippen LogP contribution < -0.4 is 20.7 Å². The summed E-state index contributed by atoms with van der Waals surface area (Å²) in [6.07, 6.45) is 0.326. The van der Waals surface area contributed by atoms with E-state index in [4.69, 9.17) is 20.1 Å². The molecule has 1 aliphatic rings. The lowest BCUT2D eigenvalue weighted by Gasteiger charge is -2.30. The molecule has 0 radical (unpaired) electrons. The summed E-state index contributed by atoms with van der Waals surface area (Å²) >= 11 is 0. The third-order valence-electron chi connectivity index (χ3n) is 4.66. The lowest BCUT2D eigenvalue weighted by atomic mass is 9.80. The Bertz CT molecular complexity index is 458. The van der Waals surface area contributed by atoms with E-state index >= 15 is 0 Å². The van der Waals surface area contributed by atoms with Gasteiger partial charge >= 0.3 is 0 Å². The topological polar surface area (TPSA) is 65.7 Å². The number of methoxy groups -OCH3 is 2. The average Bonchev–Trinajstić information content (AvgIpc) is 2.74. The lowest BCUT2D eigenvalue weighted by Crippen LogP contribution is -2.39. The molecule has 1 aliphatic heterocycles. The third kappa shape index (κ3) is 2.86. The van der Waals surface area contributed by atoms with Crippen molar-refractivity contribution in [1.29, 1.82) is 0 Å². The van der Waals surface area contributed by atoms with Gasteiger partial charge in [0.05, 0.1) is 38.0 Å². The Morgan fingerprint density at radius 2 is 1.67 bits per heavy atom. The second-order valence-electron chi connectivity index (χ2n) is 5.70. The molecule has 1 fully saturated rings. The van der Waals surface area contributed by atoms with Crippen molar-refractivity contribution in [3.63, 3.8) is 0 Å².